The highest BCUT2D eigenvalue weighted by Crippen LogP contribution is 2.29. The van der Waals surface area contributed by atoms with Crippen LogP contribution in [-0.2, 0) is 4.79 Å². The van der Waals surface area contributed by atoms with Crippen LogP contribution in [0.4, 0.5) is 0 Å². The molecule has 1 aliphatic rings. The Morgan fingerprint density at radius 3 is 2.68 bits per heavy atom. The first kappa shape index (κ1) is 20.4. The van der Waals surface area contributed by atoms with Crippen molar-refractivity contribution in [2.24, 2.45) is 0 Å². The number of hydrogen-bond acceptors (Lipinski definition) is 5. The summed E-state index contributed by atoms with van der Waals surface area (Å²) in [5, 5.41) is 3.56. The minimum atomic E-state index is 0.00592. The van der Waals surface area contributed by atoms with E-state index in [9.17, 15) is 9.59 Å². The van der Waals surface area contributed by atoms with Crippen LogP contribution >= 0.6 is 11.8 Å². The molecule has 0 unspecified atom stereocenters. The lowest BCUT2D eigenvalue weighted by atomic mass is 10.2. The van der Waals surface area contributed by atoms with Gasteiger partial charge in [-0.05, 0) is 37.6 Å². The van der Waals surface area contributed by atoms with Gasteiger partial charge in [0, 0.05) is 43.8 Å². The Morgan fingerprint density at radius 2 is 1.89 bits per heavy atom. The average molecular weight is 399 g/mol. The fraction of sp³-hybridized carbons (Fsp3) is 0.381. The zero-order valence-corrected chi connectivity index (χ0v) is 17.0. The third-order valence-electron chi connectivity index (χ3n) is 4.58. The predicted molar refractivity (Wildman–Crippen MR) is 110 cm³/mol. The number of nitrogens with zero attached hydrogens (tertiary/aromatic N) is 3. The van der Waals surface area contributed by atoms with Gasteiger partial charge >= 0.3 is 0 Å². The van der Waals surface area contributed by atoms with Gasteiger partial charge in [0.15, 0.2) is 0 Å². The van der Waals surface area contributed by atoms with Crippen molar-refractivity contribution in [2.75, 3.05) is 39.3 Å². The van der Waals surface area contributed by atoms with Gasteiger partial charge < -0.3 is 10.2 Å². The maximum Gasteiger partial charge on any atom is 0.256 e. The lowest BCUT2D eigenvalue weighted by Gasteiger charge is -2.22. The van der Waals surface area contributed by atoms with Crippen LogP contribution in [0.1, 0.15) is 23.7 Å². The van der Waals surface area contributed by atoms with Gasteiger partial charge in [0.2, 0.25) is 5.91 Å². The molecule has 1 N–H and O–H groups in total. The van der Waals surface area contributed by atoms with Crippen LogP contribution < -0.4 is 5.32 Å². The van der Waals surface area contributed by atoms with E-state index in [1.165, 1.54) is 11.8 Å². The molecule has 2 aromatic rings. The van der Waals surface area contributed by atoms with Gasteiger partial charge in [-0.1, -0.05) is 30.0 Å². The summed E-state index contributed by atoms with van der Waals surface area (Å²) < 4.78 is 0. The van der Waals surface area contributed by atoms with Gasteiger partial charge in [0.05, 0.1) is 12.1 Å². The molecule has 1 aliphatic heterocycles. The number of carbonyl (C=O) groups is 2. The highest BCUT2D eigenvalue weighted by atomic mass is 32.2. The predicted octanol–water partition coefficient (Wildman–Crippen LogP) is 2.52. The van der Waals surface area contributed by atoms with Crippen molar-refractivity contribution in [1.29, 1.82) is 0 Å². The van der Waals surface area contributed by atoms with Crippen molar-refractivity contribution in [1.82, 2.24) is 20.1 Å². The smallest absolute Gasteiger partial charge is 0.256 e. The Bertz CT molecular complexity index is 800. The summed E-state index contributed by atoms with van der Waals surface area (Å²) >= 11 is 1.50. The summed E-state index contributed by atoms with van der Waals surface area (Å²) in [5.41, 5.74) is 0.633. The summed E-state index contributed by atoms with van der Waals surface area (Å²) in [7, 11) is 0. The molecule has 1 aromatic heterocycles. The lowest BCUT2D eigenvalue weighted by Crippen LogP contribution is -2.40. The number of likely N-dealkylation sites (N-methyl/N-ethyl adjacent to an activating group) is 1. The molecule has 0 atom stereocenters. The summed E-state index contributed by atoms with van der Waals surface area (Å²) in [6, 6.07) is 13.6. The van der Waals surface area contributed by atoms with Crippen LogP contribution in [0.25, 0.3) is 0 Å². The number of rotatable bonds is 6. The molecule has 1 aromatic carbocycles. The Labute approximate surface area is 170 Å². The van der Waals surface area contributed by atoms with E-state index >= 15 is 0 Å². The van der Waals surface area contributed by atoms with Gasteiger partial charge in [0.1, 0.15) is 5.03 Å². The number of benzene rings is 1. The molecule has 1 fully saturated rings. The second kappa shape index (κ2) is 10.2. The van der Waals surface area contributed by atoms with Crippen LogP contribution in [-0.4, -0.2) is 65.9 Å². The molecule has 0 spiro atoms. The molecule has 0 radical (unpaired) electrons. The Hall–Kier alpha value is -2.38. The fourth-order valence-corrected chi connectivity index (χ4v) is 4.09. The number of hydrogen-bond donors (Lipinski definition) is 1. The maximum atomic E-state index is 13.2. The standard InChI is InChI=1S/C21H26N4O2S/c1-2-22-19(26)16-24-12-7-13-25(15-14-24)21(27)18-10-6-11-23-20(18)28-17-8-4-3-5-9-17/h3-6,8-11H,2,7,12-16H2,1H3,(H,22,26). The van der Waals surface area contributed by atoms with Gasteiger partial charge in [-0.15, -0.1) is 0 Å². The molecule has 2 amide bonds. The van der Waals surface area contributed by atoms with Gasteiger partial charge in [-0.2, -0.15) is 0 Å². The van der Waals surface area contributed by atoms with Gasteiger partial charge in [0.25, 0.3) is 5.91 Å². The second-order valence-corrected chi connectivity index (χ2v) is 7.71. The van der Waals surface area contributed by atoms with E-state index in [1.54, 1.807) is 6.20 Å². The molecule has 0 bridgehead atoms. The molecule has 28 heavy (non-hydrogen) atoms. The quantitative estimate of drug-likeness (QED) is 0.810. The van der Waals surface area contributed by atoms with E-state index in [0.717, 1.165) is 22.9 Å². The summed E-state index contributed by atoms with van der Waals surface area (Å²) in [5.74, 6) is 0.0440. The molecule has 7 heteroatoms. The van der Waals surface area contributed by atoms with E-state index in [2.05, 4.69) is 15.2 Å². The maximum absolute atomic E-state index is 13.2. The van der Waals surface area contributed by atoms with Crippen LogP contribution in [0.2, 0.25) is 0 Å². The largest absolute Gasteiger partial charge is 0.355 e. The van der Waals surface area contributed by atoms with Crippen molar-refractivity contribution >= 4 is 23.6 Å². The molecular weight excluding hydrogens is 372 g/mol. The minimum absolute atomic E-state index is 0.00592. The van der Waals surface area contributed by atoms with Gasteiger partial charge in [-0.25, -0.2) is 4.98 Å². The molecule has 0 aliphatic carbocycles. The SMILES string of the molecule is CCNC(=O)CN1CCCN(C(=O)c2cccnc2Sc2ccccc2)CC1. The fourth-order valence-electron chi connectivity index (χ4n) is 3.19. The number of amides is 2. The van der Waals surface area contributed by atoms with Crippen molar-refractivity contribution in [3.05, 3.63) is 54.2 Å². The zero-order valence-electron chi connectivity index (χ0n) is 16.1. The normalized spacial score (nSPS) is 15.1. The minimum Gasteiger partial charge on any atom is -0.355 e. The third kappa shape index (κ3) is 5.56. The molecular formula is C21H26N4O2S. The molecule has 1 saturated heterocycles. The van der Waals surface area contributed by atoms with Crippen molar-refractivity contribution in [2.45, 2.75) is 23.3 Å². The lowest BCUT2D eigenvalue weighted by molar-refractivity contribution is -0.122. The first-order chi connectivity index (χ1) is 13.7. The van der Waals surface area contributed by atoms with E-state index in [-0.39, 0.29) is 11.8 Å². The first-order valence-electron chi connectivity index (χ1n) is 9.63. The summed E-state index contributed by atoms with van der Waals surface area (Å²) in [6.07, 6.45) is 2.57. The van der Waals surface area contributed by atoms with Crippen LogP contribution in [0.3, 0.4) is 0 Å². The number of pyridine rings is 1. The monoisotopic (exact) mass is 398 g/mol. The van der Waals surface area contributed by atoms with Crippen LogP contribution in [0, 0.1) is 0 Å². The molecule has 2 heterocycles. The van der Waals surface area contributed by atoms with Crippen molar-refractivity contribution < 1.29 is 9.59 Å². The molecule has 3 rings (SSSR count). The summed E-state index contributed by atoms with van der Waals surface area (Å²) in [6.45, 7) is 5.76. The number of nitrogens with one attached hydrogen (secondary N) is 1. The average Bonchev–Trinajstić information content (AvgIpc) is 2.94. The van der Waals surface area contributed by atoms with Crippen molar-refractivity contribution in [3.63, 3.8) is 0 Å². The van der Waals surface area contributed by atoms with Crippen LogP contribution in [0.15, 0.2) is 58.6 Å². The van der Waals surface area contributed by atoms with Crippen LogP contribution in [0.5, 0.6) is 0 Å². The topological polar surface area (TPSA) is 65.5 Å². The van der Waals surface area contributed by atoms with Gasteiger partial charge in [-0.3, -0.25) is 14.5 Å². The van der Waals surface area contributed by atoms with Crippen molar-refractivity contribution in [3.8, 4) is 0 Å². The molecule has 6 nitrogen and oxygen atoms in total. The first-order valence-corrected chi connectivity index (χ1v) is 10.4. The number of aromatic nitrogens is 1. The van der Waals surface area contributed by atoms with E-state index < -0.39 is 0 Å². The molecule has 148 valence electrons. The van der Waals surface area contributed by atoms with E-state index in [0.29, 0.717) is 38.3 Å². The highest BCUT2D eigenvalue weighted by molar-refractivity contribution is 7.99. The zero-order chi connectivity index (χ0) is 19.8. The second-order valence-electron chi connectivity index (χ2n) is 6.65. The van der Waals surface area contributed by atoms with E-state index in [4.69, 9.17) is 0 Å². The number of carbonyl (C=O) groups excluding carboxylic acids is 2. The summed E-state index contributed by atoms with van der Waals surface area (Å²) in [4.78, 5) is 34.5. The third-order valence-corrected chi connectivity index (χ3v) is 5.60. The Kier molecular flexibility index (Phi) is 7.45. The Balaban J connectivity index is 1.66. The van der Waals surface area contributed by atoms with E-state index in [1.807, 2.05) is 54.3 Å². The highest BCUT2D eigenvalue weighted by Gasteiger charge is 2.23. The molecule has 0 saturated carbocycles. The Morgan fingerprint density at radius 1 is 1.07 bits per heavy atom.